The second-order valence-electron chi connectivity index (χ2n) is 4.52. The van der Waals surface area contributed by atoms with Gasteiger partial charge in [-0.05, 0) is 41.0 Å². The second-order valence-corrected chi connectivity index (χ2v) is 5.32. The number of halogens is 3. The van der Waals surface area contributed by atoms with Gasteiger partial charge in [-0.3, -0.25) is 4.68 Å². The molecule has 1 aromatic carbocycles. The predicted octanol–water partition coefficient (Wildman–Crippen LogP) is 3.64. The van der Waals surface area contributed by atoms with Crippen LogP contribution in [-0.2, 0) is 6.54 Å². The maximum absolute atomic E-state index is 13.7. The SMILES string of the molecule is CCCn1cc(C(NC)c2ccc(F)c(F)c2Br)cn1. The molecule has 0 bridgehead atoms. The molecule has 0 saturated heterocycles. The summed E-state index contributed by atoms with van der Waals surface area (Å²) in [4.78, 5) is 0. The molecular formula is C14H16BrF2N3. The molecule has 108 valence electrons. The van der Waals surface area contributed by atoms with E-state index in [4.69, 9.17) is 0 Å². The van der Waals surface area contributed by atoms with Crippen molar-refractivity contribution in [2.75, 3.05) is 7.05 Å². The van der Waals surface area contributed by atoms with Crippen LogP contribution in [0.2, 0.25) is 0 Å². The van der Waals surface area contributed by atoms with Crippen molar-refractivity contribution in [1.29, 1.82) is 0 Å². The molecule has 0 aliphatic heterocycles. The molecule has 1 aromatic heterocycles. The van der Waals surface area contributed by atoms with E-state index in [0.717, 1.165) is 24.6 Å². The summed E-state index contributed by atoms with van der Waals surface area (Å²) < 4.78 is 28.8. The van der Waals surface area contributed by atoms with Crippen LogP contribution in [0.5, 0.6) is 0 Å². The van der Waals surface area contributed by atoms with Gasteiger partial charge >= 0.3 is 0 Å². The minimum atomic E-state index is -0.872. The monoisotopic (exact) mass is 343 g/mol. The Kier molecular flexibility index (Phi) is 4.88. The Morgan fingerprint density at radius 2 is 2.15 bits per heavy atom. The van der Waals surface area contributed by atoms with Crippen molar-refractivity contribution in [3.8, 4) is 0 Å². The lowest BCUT2D eigenvalue weighted by atomic mass is 10.0. The summed E-state index contributed by atoms with van der Waals surface area (Å²) >= 11 is 3.13. The van der Waals surface area contributed by atoms with Crippen molar-refractivity contribution in [3.05, 3.63) is 51.8 Å². The summed E-state index contributed by atoms with van der Waals surface area (Å²) in [7, 11) is 1.77. The molecule has 0 spiro atoms. The van der Waals surface area contributed by atoms with Crippen molar-refractivity contribution in [3.63, 3.8) is 0 Å². The maximum atomic E-state index is 13.7. The maximum Gasteiger partial charge on any atom is 0.173 e. The first-order valence-electron chi connectivity index (χ1n) is 6.41. The molecule has 20 heavy (non-hydrogen) atoms. The third-order valence-electron chi connectivity index (χ3n) is 3.10. The minimum absolute atomic E-state index is 0.139. The normalized spacial score (nSPS) is 12.7. The number of rotatable bonds is 5. The molecule has 3 nitrogen and oxygen atoms in total. The summed E-state index contributed by atoms with van der Waals surface area (Å²) in [6.07, 6.45) is 4.64. The van der Waals surface area contributed by atoms with E-state index < -0.39 is 11.6 Å². The first-order chi connectivity index (χ1) is 9.58. The van der Waals surface area contributed by atoms with E-state index in [1.165, 1.54) is 0 Å². The van der Waals surface area contributed by atoms with E-state index in [-0.39, 0.29) is 10.5 Å². The highest BCUT2D eigenvalue weighted by atomic mass is 79.9. The molecule has 1 N–H and O–H groups in total. The fourth-order valence-corrected chi connectivity index (χ4v) is 2.70. The summed E-state index contributed by atoms with van der Waals surface area (Å²) in [6.45, 7) is 2.90. The van der Waals surface area contributed by atoms with Gasteiger partial charge in [-0.25, -0.2) is 8.78 Å². The predicted molar refractivity (Wildman–Crippen MR) is 77.5 cm³/mol. The van der Waals surface area contributed by atoms with Gasteiger partial charge in [-0.1, -0.05) is 13.0 Å². The highest BCUT2D eigenvalue weighted by Gasteiger charge is 2.20. The zero-order valence-electron chi connectivity index (χ0n) is 11.3. The van der Waals surface area contributed by atoms with E-state index in [1.54, 1.807) is 19.3 Å². The van der Waals surface area contributed by atoms with Crippen LogP contribution in [0.15, 0.2) is 29.0 Å². The first kappa shape index (κ1) is 15.1. The Hall–Kier alpha value is -1.27. The third-order valence-corrected chi connectivity index (χ3v) is 3.91. The van der Waals surface area contributed by atoms with Gasteiger partial charge in [-0.15, -0.1) is 0 Å². The van der Waals surface area contributed by atoms with Crippen LogP contribution in [0, 0.1) is 11.6 Å². The van der Waals surface area contributed by atoms with Crippen LogP contribution in [0.3, 0.4) is 0 Å². The number of benzene rings is 1. The van der Waals surface area contributed by atoms with Gasteiger partial charge in [0, 0.05) is 18.3 Å². The van der Waals surface area contributed by atoms with E-state index in [2.05, 4.69) is 33.3 Å². The van der Waals surface area contributed by atoms with E-state index in [1.807, 2.05) is 10.9 Å². The molecule has 1 heterocycles. The van der Waals surface area contributed by atoms with E-state index in [0.29, 0.717) is 5.56 Å². The summed E-state index contributed by atoms with van der Waals surface area (Å²) in [6, 6.07) is 2.46. The third kappa shape index (κ3) is 2.91. The molecule has 1 unspecified atom stereocenters. The van der Waals surface area contributed by atoms with Crippen LogP contribution < -0.4 is 5.32 Å². The summed E-state index contributed by atoms with van der Waals surface area (Å²) in [5.74, 6) is -1.74. The molecule has 2 rings (SSSR count). The van der Waals surface area contributed by atoms with Gasteiger partial charge in [0.1, 0.15) is 0 Å². The van der Waals surface area contributed by atoms with Crippen LogP contribution in [-0.4, -0.2) is 16.8 Å². The number of nitrogens with one attached hydrogen (secondary N) is 1. The van der Waals surface area contributed by atoms with Crippen LogP contribution in [0.25, 0.3) is 0 Å². The molecule has 0 radical (unpaired) electrons. The van der Waals surface area contributed by atoms with Gasteiger partial charge in [0.15, 0.2) is 11.6 Å². The molecular weight excluding hydrogens is 328 g/mol. The fraction of sp³-hybridized carbons (Fsp3) is 0.357. The van der Waals surface area contributed by atoms with Crippen molar-refractivity contribution >= 4 is 15.9 Å². The molecule has 1 atom stereocenters. The lowest BCUT2D eigenvalue weighted by molar-refractivity contribution is 0.499. The van der Waals surface area contributed by atoms with Gasteiger partial charge in [-0.2, -0.15) is 5.10 Å². The van der Waals surface area contributed by atoms with Crippen LogP contribution >= 0.6 is 15.9 Å². The molecule has 0 amide bonds. The number of hydrogen-bond acceptors (Lipinski definition) is 2. The zero-order chi connectivity index (χ0) is 14.7. The van der Waals surface area contributed by atoms with Crippen molar-refractivity contribution < 1.29 is 8.78 Å². The highest BCUT2D eigenvalue weighted by Crippen LogP contribution is 2.31. The Bertz CT molecular complexity index is 598. The van der Waals surface area contributed by atoms with Crippen molar-refractivity contribution in [2.45, 2.75) is 25.9 Å². The summed E-state index contributed by atoms with van der Waals surface area (Å²) in [5, 5.41) is 7.37. The topological polar surface area (TPSA) is 29.9 Å². The standard InChI is InChI=1S/C14H16BrF2N3/c1-3-6-20-8-9(7-19-20)14(18-2)10-4-5-11(16)13(17)12(10)15/h4-5,7-8,14,18H,3,6H2,1-2H3. The molecule has 0 saturated carbocycles. The first-order valence-corrected chi connectivity index (χ1v) is 7.20. The lowest BCUT2D eigenvalue weighted by Crippen LogP contribution is -2.18. The average molecular weight is 344 g/mol. The number of nitrogens with zero attached hydrogens (tertiary/aromatic N) is 2. The van der Waals surface area contributed by atoms with E-state index >= 15 is 0 Å². The number of aromatic nitrogens is 2. The molecule has 0 aliphatic rings. The highest BCUT2D eigenvalue weighted by molar-refractivity contribution is 9.10. The van der Waals surface area contributed by atoms with Gasteiger partial charge in [0.2, 0.25) is 0 Å². The van der Waals surface area contributed by atoms with Gasteiger partial charge < -0.3 is 5.32 Å². The largest absolute Gasteiger partial charge is 0.309 e. The summed E-state index contributed by atoms with van der Waals surface area (Å²) in [5.41, 5.74) is 1.55. The Labute approximate surface area is 125 Å². The van der Waals surface area contributed by atoms with Gasteiger partial charge in [0.25, 0.3) is 0 Å². The molecule has 0 aliphatic carbocycles. The van der Waals surface area contributed by atoms with Crippen LogP contribution in [0.1, 0.15) is 30.5 Å². The Morgan fingerprint density at radius 3 is 2.80 bits per heavy atom. The smallest absolute Gasteiger partial charge is 0.173 e. The number of aryl methyl sites for hydroxylation is 1. The quantitative estimate of drug-likeness (QED) is 0.840. The van der Waals surface area contributed by atoms with Crippen molar-refractivity contribution in [1.82, 2.24) is 15.1 Å². The van der Waals surface area contributed by atoms with E-state index in [9.17, 15) is 8.78 Å². The van der Waals surface area contributed by atoms with Crippen molar-refractivity contribution in [2.24, 2.45) is 0 Å². The second kappa shape index (κ2) is 6.45. The fourth-order valence-electron chi connectivity index (χ4n) is 2.15. The Morgan fingerprint density at radius 1 is 1.40 bits per heavy atom. The molecule has 6 heteroatoms. The molecule has 0 fully saturated rings. The minimum Gasteiger partial charge on any atom is -0.309 e. The number of hydrogen-bond donors (Lipinski definition) is 1. The van der Waals surface area contributed by atoms with Crippen LogP contribution in [0.4, 0.5) is 8.78 Å². The van der Waals surface area contributed by atoms with Gasteiger partial charge in [0.05, 0.1) is 16.7 Å². The zero-order valence-corrected chi connectivity index (χ0v) is 12.9. The Balaban J connectivity index is 2.39. The lowest BCUT2D eigenvalue weighted by Gasteiger charge is -2.17. The average Bonchev–Trinajstić information content (AvgIpc) is 2.88. The molecule has 2 aromatic rings.